The number of alkyl halides is 1. The van der Waals surface area contributed by atoms with Crippen LogP contribution in [-0.4, -0.2) is 24.6 Å². The third-order valence-corrected chi connectivity index (χ3v) is 6.05. The third-order valence-electron chi connectivity index (χ3n) is 3.29. The van der Waals surface area contributed by atoms with Gasteiger partial charge < -0.3 is 4.74 Å². The second kappa shape index (κ2) is 6.14. The average Bonchev–Trinajstić information content (AvgIpc) is 2.46. The third kappa shape index (κ3) is 2.69. The van der Waals surface area contributed by atoms with Crippen LogP contribution in [-0.2, 0) is 4.74 Å². The zero-order valence-electron chi connectivity index (χ0n) is 11.6. The van der Waals surface area contributed by atoms with Crippen molar-refractivity contribution in [3.63, 3.8) is 0 Å². The number of allylic oxidation sites excluding steroid dienone is 1. The Morgan fingerprint density at radius 3 is 2.70 bits per heavy atom. The average molecular weight is 357 g/mol. The number of esters is 1. The lowest BCUT2D eigenvalue weighted by Gasteiger charge is -2.27. The Labute approximate surface area is 129 Å². The van der Waals surface area contributed by atoms with Gasteiger partial charge in [-0.05, 0) is 41.9 Å². The molecule has 0 saturated heterocycles. The van der Waals surface area contributed by atoms with Crippen molar-refractivity contribution in [3.05, 3.63) is 40.3 Å². The summed E-state index contributed by atoms with van der Waals surface area (Å²) in [6.07, 6.45) is 1.63. The van der Waals surface area contributed by atoms with Crippen LogP contribution < -0.4 is 0 Å². The Kier molecular flexibility index (Phi) is 4.70. The van der Waals surface area contributed by atoms with Gasteiger partial charge in [0.25, 0.3) is 0 Å². The molecule has 0 aliphatic carbocycles. The lowest BCUT2D eigenvalue weighted by molar-refractivity contribution is 0.0600. The van der Waals surface area contributed by atoms with E-state index in [0.717, 1.165) is 16.2 Å². The summed E-state index contributed by atoms with van der Waals surface area (Å²) >= 11 is 3.57. The van der Waals surface area contributed by atoms with Crippen LogP contribution >= 0.6 is 26.8 Å². The number of benzene rings is 1. The van der Waals surface area contributed by atoms with E-state index in [2.05, 4.69) is 22.9 Å². The van der Waals surface area contributed by atoms with E-state index in [0.29, 0.717) is 11.1 Å². The first-order valence-corrected chi connectivity index (χ1v) is 8.90. The van der Waals surface area contributed by atoms with Crippen LogP contribution in [0.2, 0.25) is 0 Å². The quantitative estimate of drug-likeness (QED) is 0.505. The number of hydrogen-bond donors (Lipinski definition) is 1. The molecule has 0 radical (unpaired) electrons. The number of fused-ring (bicyclic) bond motifs is 1. The van der Waals surface area contributed by atoms with Gasteiger partial charge in [-0.2, -0.15) is 0 Å². The van der Waals surface area contributed by atoms with Gasteiger partial charge >= 0.3 is 5.97 Å². The van der Waals surface area contributed by atoms with Crippen molar-refractivity contribution in [1.29, 1.82) is 0 Å². The van der Waals surface area contributed by atoms with E-state index < -0.39 is 16.9 Å². The maximum absolute atomic E-state index is 12.1. The van der Waals surface area contributed by atoms with E-state index in [4.69, 9.17) is 4.74 Å². The molecule has 0 amide bonds. The van der Waals surface area contributed by atoms with Gasteiger partial charge in [-0.25, -0.2) is 15.7 Å². The molecule has 0 spiro atoms. The monoisotopic (exact) mass is 356 g/mol. The summed E-state index contributed by atoms with van der Waals surface area (Å²) in [5, 5.41) is 2.01. The zero-order chi connectivity index (χ0) is 14.9. The Morgan fingerprint density at radius 2 is 2.15 bits per heavy atom. The Morgan fingerprint density at radius 1 is 1.45 bits per heavy atom. The molecule has 0 fully saturated rings. The van der Waals surface area contributed by atoms with Gasteiger partial charge in [0.15, 0.2) is 5.78 Å². The molecule has 20 heavy (non-hydrogen) atoms. The lowest BCUT2D eigenvalue weighted by Crippen LogP contribution is -2.12. The minimum atomic E-state index is -0.485. The number of carbonyl (C=O) groups is 2. The van der Waals surface area contributed by atoms with Gasteiger partial charge in [-0.1, -0.05) is 22.9 Å². The highest BCUT2D eigenvalue weighted by Crippen LogP contribution is 2.48. The van der Waals surface area contributed by atoms with Crippen LogP contribution in [0.15, 0.2) is 28.5 Å². The number of ether oxygens (including phenoxy) is 1. The van der Waals surface area contributed by atoms with Crippen LogP contribution in [0.4, 0.5) is 0 Å². The van der Waals surface area contributed by atoms with E-state index in [1.807, 2.05) is 18.4 Å². The Balaban J connectivity index is 2.70. The smallest absolute Gasteiger partial charge is 0.337 e. The number of rotatable bonds is 3. The normalized spacial score (nSPS) is 20.4. The number of thiol groups is 1. The fourth-order valence-corrected chi connectivity index (χ4v) is 4.89. The molecular weight excluding hydrogens is 340 g/mol. The summed E-state index contributed by atoms with van der Waals surface area (Å²) in [7, 11) is 0.862. The van der Waals surface area contributed by atoms with Gasteiger partial charge in [0.1, 0.15) is 0 Å². The van der Waals surface area contributed by atoms with Crippen molar-refractivity contribution >= 4 is 38.6 Å². The lowest BCUT2D eigenvalue weighted by atomic mass is 10.0. The second-order valence-corrected chi connectivity index (χ2v) is 8.23. The van der Waals surface area contributed by atoms with E-state index in [-0.39, 0.29) is 10.6 Å². The van der Waals surface area contributed by atoms with Crippen LogP contribution in [0.3, 0.4) is 0 Å². The van der Waals surface area contributed by atoms with E-state index in [1.54, 1.807) is 12.1 Å². The summed E-state index contributed by atoms with van der Waals surface area (Å²) in [5.74, 6) is 0.536. The SMILES string of the molecule is CC[SH]1C=CC(=O)c2cc(C(=O)OC)cc(C(C)Br)c21. The van der Waals surface area contributed by atoms with E-state index >= 15 is 0 Å². The van der Waals surface area contributed by atoms with Crippen molar-refractivity contribution < 1.29 is 14.3 Å². The maximum Gasteiger partial charge on any atom is 0.337 e. The van der Waals surface area contributed by atoms with Crippen molar-refractivity contribution in [1.82, 2.24) is 0 Å². The van der Waals surface area contributed by atoms with E-state index in [1.165, 1.54) is 7.11 Å². The summed E-state index contributed by atoms with van der Waals surface area (Å²) in [6.45, 7) is 4.12. The van der Waals surface area contributed by atoms with Crippen molar-refractivity contribution in [2.24, 2.45) is 0 Å². The number of carbonyl (C=O) groups excluding carboxylic acids is 2. The van der Waals surface area contributed by atoms with Crippen molar-refractivity contribution in [3.8, 4) is 0 Å². The van der Waals surface area contributed by atoms with Gasteiger partial charge in [0.2, 0.25) is 0 Å². The fraction of sp³-hybridized carbons (Fsp3) is 0.333. The van der Waals surface area contributed by atoms with Crippen LogP contribution in [0.25, 0.3) is 0 Å². The van der Waals surface area contributed by atoms with Crippen LogP contribution in [0, 0.1) is 0 Å². The number of hydrogen-bond acceptors (Lipinski definition) is 3. The first-order chi connectivity index (χ1) is 9.49. The molecule has 1 heterocycles. The first-order valence-electron chi connectivity index (χ1n) is 6.39. The molecule has 1 aromatic rings. The number of ketones is 1. The first kappa shape index (κ1) is 15.3. The van der Waals surface area contributed by atoms with Crippen LogP contribution in [0.1, 0.15) is 45.0 Å². The zero-order valence-corrected chi connectivity index (χ0v) is 14.1. The standard InChI is InChI=1S/C15H17BrO3S/c1-4-20-6-5-13(17)12-8-10(15(18)19-3)7-11(9(2)16)14(12)20/h5-9,20H,4H2,1-3H3. The molecule has 2 rings (SSSR count). The van der Waals surface area contributed by atoms with Gasteiger partial charge in [0, 0.05) is 15.3 Å². The molecule has 2 unspecified atom stereocenters. The summed E-state index contributed by atoms with van der Waals surface area (Å²) in [4.78, 5) is 25.1. The van der Waals surface area contributed by atoms with Gasteiger partial charge in [0.05, 0.1) is 12.7 Å². The second-order valence-electron chi connectivity index (χ2n) is 4.54. The molecule has 0 N–H and O–H groups in total. The highest BCUT2D eigenvalue weighted by Gasteiger charge is 2.25. The summed E-state index contributed by atoms with van der Waals surface area (Å²) in [5.41, 5.74) is 2.08. The van der Waals surface area contributed by atoms with Crippen molar-refractivity contribution in [2.45, 2.75) is 23.6 Å². The molecule has 2 atom stereocenters. The Hall–Kier alpha value is -1.07. The fourth-order valence-electron chi connectivity index (χ4n) is 2.29. The number of halogens is 1. The Bertz CT molecular complexity index is 593. The summed E-state index contributed by atoms with van der Waals surface area (Å²) in [6, 6.07) is 3.50. The minimum absolute atomic E-state index is 0.0349. The predicted octanol–water partition coefficient (Wildman–Crippen LogP) is 4.02. The molecule has 1 aliphatic rings. The predicted molar refractivity (Wildman–Crippen MR) is 86.4 cm³/mol. The molecular formula is C15H17BrO3S. The molecule has 0 saturated carbocycles. The molecule has 1 aliphatic heterocycles. The molecule has 0 aromatic heterocycles. The largest absolute Gasteiger partial charge is 0.465 e. The highest BCUT2D eigenvalue weighted by molar-refractivity contribution is 9.09. The molecule has 108 valence electrons. The topological polar surface area (TPSA) is 43.4 Å². The highest BCUT2D eigenvalue weighted by atomic mass is 79.9. The van der Waals surface area contributed by atoms with E-state index in [9.17, 15) is 9.59 Å². The number of methoxy groups -OCH3 is 1. The molecule has 1 aromatic carbocycles. The minimum Gasteiger partial charge on any atom is -0.465 e. The van der Waals surface area contributed by atoms with Gasteiger partial charge in [-0.15, -0.1) is 0 Å². The molecule has 0 bridgehead atoms. The van der Waals surface area contributed by atoms with Crippen LogP contribution in [0.5, 0.6) is 0 Å². The molecule has 3 nitrogen and oxygen atoms in total. The van der Waals surface area contributed by atoms with Gasteiger partial charge in [-0.3, -0.25) is 4.79 Å². The molecule has 5 heteroatoms. The maximum atomic E-state index is 12.1. The van der Waals surface area contributed by atoms with Crippen molar-refractivity contribution in [2.75, 3.05) is 12.9 Å². The summed E-state index contributed by atoms with van der Waals surface area (Å²) < 4.78 is 4.77.